The Kier molecular flexibility index (Phi) is 3.87. The van der Waals surface area contributed by atoms with Crippen molar-refractivity contribution in [2.75, 3.05) is 0 Å². The average Bonchev–Trinajstić information content (AvgIpc) is 2.22. The first-order valence-electron chi connectivity index (χ1n) is 6.20. The molecule has 1 aromatic heterocycles. The first-order valence-corrected chi connectivity index (χ1v) is 6.58. The van der Waals surface area contributed by atoms with Gasteiger partial charge in [-0.15, -0.1) is 0 Å². The summed E-state index contributed by atoms with van der Waals surface area (Å²) in [4.78, 5) is 8.09. The highest BCUT2D eigenvalue weighted by Gasteiger charge is 2.26. The third-order valence-corrected chi connectivity index (χ3v) is 3.49. The molecule has 2 rings (SSSR count). The molecule has 2 unspecified atom stereocenters. The first-order chi connectivity index (χ1) is 8.04. The van der Waals surface area contributed by atoms with Crippen LogP contribution in [0.2, 0.25) is 5.28 Å². The molecule has 0 N–H and O–H groups in total. The molecule has 3 nitrogen and oxygen atoms in total. The first kappa shape index (κ1) is 12.6. The van der Waals surface area contributed by atoms with E-state index in [1.165, 1.54) is 6.42 Å². The van der Waals surface area contributed by atoms with Crippen LogP contribution in [0.4, 0.5) is 0 Å². The quantitative estimate of drug-likeness (QED) is 0.756. The van der Waals surface area contributed by atoms with Crippen LogP contribution in [0.25, 0.3) is 0 Å². The molecule has 94 valence electrons. The van der Waals surface area contributed by atoms with E-state index in [1.807, 2.05) is 6.92 Å². The second-order valence-electron chi connectivity index (χ2n) is 5.28. The lowest BCUT2D eigenvalue weighted by atomic mass is 9.82. The number of hydrogen-bond acceptors (Lipinski definition) is 3. The summed E-state index contributed by atoms with van der Waals surface area (Å²) >= 11 is 5.79. The van der Waals surface area contributed by atoms with Crippen molar-refractivity contribution in [2.45, 2.75) is 46.1 Å². The molecule has 0 bridgehead atoms. The molecule has 0 amide bonds. The molecule has 2 atom stereocenters. The van der Waals surface area contributed by atoms with Gasteiger partial charge >= 0.3 is 0 Å². The van der Waals surface area contributed by atoms with Crippen LogP contribution in [-0.4, -0.2) is 16.1 Å². The van der Waals surface area contributed by atoms with Gasteiger partial charge in [-0.25, -0.2) is 4.98 Å². The van der Waals surface area contributed by atoms with Gasteiger partial charge in [-0.3, -0.25) is 0 Å². The highest BCUT2D eigenvalue weighted by molar-refractivity contribution is 6.28. The SMILES string of the molecule is Cc1cnc(Cl)nc1OC1CC(C)CC(C)C1. The second-order valence-corrected chi connectivity index (χ2v) is 5.62. The minimum absolute atomic E-state index is 0.252. The number of aromatic nitrogens is 2. The van der Waals surface area contributed by atoms with Gasteiger partial charge in [0.15, 0.2) is 0 Å². The standard InChI is InChI=1S/C13H19ClN2O/c1-8-4-9(2)6-11(5-8)17-12-10(3)7-15-13(14)16-12/h7-9,11H,4-6H2,1-3H3. The van der Waals surface area contributed by atoms with Gasteiger partial charge in [0.25, 0.3) is 0 Å². The maximum absolute atomic E-state index is 5.97. The molecule has 0 aromatic carbocycles. The van der Waals surface area contributed by atoms with E-state index < -0.39 is 0 Å². The molecule has 17 heavy (non-hydrogen) atoms. The Hall–Kier alpha value is -0.830. The van der Waals surface area contributed by atoms with Gasteiger partial charge in [-0.2, -0.15) is 4.98 Å². The summed E-state index contributed by atoms with van der Waals surface area (Å²) in [6, 6.07) is 0. The van der Waals surface area contributed by atoms with E-state index >= 15 is 0 Å². The highest BCUT2D eigenvalue weighted by atomic mass is 35.5. The monoisotopic (exact) mass is 254 g/mol. The van der Waals surface area contributed by atoms with Crippen LogP contribution in [0.1, 0.15) is 38.7 Å². The number of halogens is 1. The maximum Gasteiger partial charge on any atom is 0.225 e. The molecular formula is C13H19ClN2O. The van der Waals surface area contributed by atoms with E-state index in [4.69, 9.17) is 16.3 Å². The molecule has 0 saturated heterocycles. The van der Waals surface area contributed by atoms with Crippen molar-refractivity contribution in [3.8, 4) is 5.88 Å². The molecular weight excluding hydrogens is 236 g/mol. The zero-order valence-corrected chi connectivity index (χ0v) is 11.4. The normalized spacial score (nSPS) is 29.1. The molecule has 0 radical (unpaired) electrons. The summed E-state index contributed by atoms with van der Waals surface area (Å²) in [7, 11) is 0. The third-order valence-electron chi connectivity index (χ3n) is 3.31. The minimum Gasteiger partial charge on any atom is -0.474 e. The number of hydrogen-bond donors (Lipinski definition) is 0. The van der Waals surface area contributed by atoms with Gasteiger partial charge in [-0.1, -0.05) is 13.8 Å². The third kappa shape index (κ3) is 3.32. The zero-order valence-electron chi connectivity index (χ0n) is 10.6. The van der Waals surface area contributed by atoms with Gasteiger partial charge in [0.05, 0.1) is 0 Å². The smallest absolute Gasteiger partial charge is 0.225 e. The minimum atomic E-state index is 0.252. The van der Waals surface area contributed by atoms with Crippen molar-refractivity contribution in [3.63, 3.8) is 0 Å². The molecule has 1 saturated carbocycles. The van der Waals surface area contributed by atoms with Crippen molar-refractivity contribution in [3.05, 3.63) is 17.0 Å². The lowest BCUT2D eigenvalue weighted by molar-refractivity contribution is 0.0958. The van der Waals surface area contributed by atoms with Crippen LogP contribution in [0.15, 0.2) is 6.20 Å². The Balaban J connectivity index is 2.07. The maximum atomic E-state index is 5.97. The average molecular weight is 255 g/mol. The fourth-order valence-corrected chi connectivity index (χ4v) is 2.78. The van der Waals surface area contributed by atoms with Crippen LogP contribution in [-0.2, 0) is 0 Å². The van der Waals surface area contributed by atoms with Gasteiger partial charge in [0.2, 0.25) is 11.2 Å². The van der Waals surface area contributed by atoms with Crippen molar-refractivity contribution in [1.29, 1.82) is 0 Å². The van der Waals surface area contributed by atoms with Gasteiger partial charge < -0.3 is 4.74 Å². The Morgan fingerprint density at radius 3 is 2.53 bits per heavy atom. The molecule has 1 fully saturated rings. The second kappa shape index (κ2) is 5.21. The molecule has 0 spiro atoms. The van der Waals surface area contributed by atoms with E-state index in [2.05, 4.69) is 23.8 Å². The summed E-state index contributed by atoms with van der Waals surface area (Å²) in [5, 5.41) is 0.252. The van der Waals surface area contributed by atoms with E-state index in [-0.39, 0.29) is 11.4 Å². The van der Waals surface area contributed by atoms with E-state index in [9.17, 15) is 0 Å². The van der Waals surface area contributed by atoms with Crippen molar-refractivity contribution in [1.82, 2.24) is 9.97 Å². The largest absolute Gasteiger partial charge is 0.474 e. The van der Waals surface area contributed by atoms with E-state index in [0.717, 1.165) is 30.2 Å². The summed E-state index contributed by atoms with van der Waals surface area (Å²) in [6.07, 6.45) is 5.47. The zero-order chi connectivity index (χ0) is 12.4. The summed E-state index contributed by atoms with van der Waals surface area (Å²) in [5.74, 6) is 2.08. The molecule has 4 heteroatoms. The predicted octanol–water partition coefficient (Wildman–Crippen LogP) is 3.64. The molecule has 1 aliphatic rings. The fraction of sp³-hybridized carbons (Fsp3) is 0.692. The van der Waals surface area contributed by atoms with Gasteiger partial charge in [0.1, 0.15) is 6.10 Å². The number of ether oxygens (including phenoxy) is 1. The van der Waals surface area contributed by atoms with Crippen LogP contribution in [0.3, 0.4) is 0 Å². The lowest BCUT2D eigenvalue weighted by Crippen LogP contribution is -2.29. The van der Waals surface area contributed by atoms with Gasteiger partial charge in [0, 0.05) is 11.8 Å². The molecule has 1 aliphatic carbocycles. The Labute approximate surface area is 108 Å². The number of aryl methyl sites for hydroxylation is 1. The molecule has 0 aliphatic heterocycles. The molecule has 1 aromatic rings. The van der Waals surface area contributed by atoms with Crippen LogP contribution in [0.5, 0.6) is 5.88 Å². The number of rotatable bonds is 2. The fourth-order valence-electron chi connectivity index (χ4n) is 2.65. The van der Waals surface area contributed by atoms with Crippen molar-refractivity contribution in [2.24, 2.45) is 11.8 Å². The van der Waals surface area contributed by atoms with Crippen molar-refractivity contribution < 1.29 is 4.74 Å². The predicted molar refractivity (Wildman–Crippen MR) is 68.4 cm³/mol. The van der Waals surface area contributed by atoms with E-state index in [1.54, 1.807) is 6.20 Å². The summed E-state index contributed by atoms with van der Waals surface area (Å²) < 4.78 is 5.97. The van der Waals surface area contributed by atoms with Crippen LogP contribution in [0, 0.1) is 18.8 Å². The van der Waals surface area contributed by atoms with Gasteiger partial charge in [-0.05, 0) is 49.6 Å². The van der Waals surface area contributed by atoms with Crippen molar-refractivity contribution >= 4 is 11.6 Å². The summed E-state index contributed by atoms with van der Waals surface area (Å²) in [5.41, 5.74) is 0.945. The Morgan fingerprint density at radius 1 is 1.24 bits per heavy atom. The van der Waals surface area contributed by atoms with Crippen LogP contribution < -0.4 is 4.74 Å². The van der Waals surface area contributed by atoms with Crippen LogP contribution >= 0.6 is 11.6 Å². The topological polar surface area (TPSA) is 35.0 Å². The highest BCUT2D eigenvalue weighted by Crippen LogP contribution is 2.31. The van der Waals surface area contributed by atoms with E-state index in [0.29, 0.717) is 5.88 Å². The summed E-state index contributed by atoms with van der Waals surface area (Å²) in [6.45, 7) is 6.51. The number of nitrogens with zero attached hydrogens (tertiary/aromatic N) is 2. The lowest BCUT2D eigenvalue weighted by Gasteiger charge is -2.31. The molecule has 1 heterocycles. The Bertz CT molecular complexity index is 387. The Morgan fingerprint density at radius 2 is 1.88 bits per heavy atom.